The van der Waals surface area contributed by atoms with Gasteiger partial charge in [-0.15, -0.1) is 0 Å². The first kappa shape index (κ1) is 27.0. The largest absolute Gasteiger partial charge is 0.383 e. The Labute approximate surface area is 244 Å². The number of amides is 1. The maximum atomic E-state index is 14.0. The Morgan fingerprint density at radius 2 is 1.95 bits per heavy atom. The molecule has 1 amide bonds. The molecule has 6 rings (SSSR count). The molecule has 0 atom stereocenters. The number of allylic oxidation sites excluding steroid dienone is 4. The van der Waals surface area contributed by atoms with Crippen molar-refractivity contribution in [2.45, 2.75) is 34.2 Å². The monoisotopic (exact) mass is 576 g/mol. The summed E-state index contributed by atoms with van der Waals surface area (Å²) in [7, 11) is 0. The number of nitrogens with two attached hydrogens (primary N) is 1. The average Bonchev–Trinajstić information content (AvgIpc) is 3.53. The van der Waals surface area contributed by atoms with Crippen molar-refractivity contribution in [3.8, 4) is 11.3 Å². The lowest BCUT2D eigenvalue weighted by molar-refractivity contribution is -0.114. The van der Waals surface area contributed by atoms with Gasteiger partial charge in [0.15, 0.2) is 10.8 Å². The number of thiazole rings is 1. The van der Waals surface area contributed by atoms with Gasteiger partial charge in [0.25, 0.3) is 5.56 Å². The fourth-order valence-corrected chi connectivity index (χ4v) is 6.18. The average molecular weight is 577 g/mol. The summed E-state index contributed by atoms with van der Waals surface area (Å²) < 4.78 is 4.38. The van der Waals surface area contributed by atoms with Crippen LogP contribution in [0.25, 0.3) is 49.0 Å². The summed E-state index contributed by atoms with van der Waals surface area (Å²) in [6.07, 6.45) is 7.16. The molecule has 0 saturated carbocycles. The second-order valence-electron chi connectivity index (χ2n) is 9.88. The number of nitrogens with one attached hydrogen (secondary N) is 1. The van der Waals surface area contributed by atoms with Crippen molar-refractivity contribution >= 4 is 65.9 Å². The van der Waals surface area contributed by atoms with Crippen LogP contribution in [0.4, 0.5) is 10.9 Å². The van der Waals surface area contributed by atoms with Crippen molar-refractivity contribution in [2.75, 3.05) is 11.1 Å². The Morgan fingerprint density at radius 1 is 1.12 bits per heavy atom. The molecule has 0 bridgehead atoms. The van der Waals surface area contributed by atoms with Crippen LogP contribution in [0.1, 0.15) is 32.0 Å². The van der Waals surface area contributed by atoms with Gasteiger partial charge in [-0.05, 0) is 56.0 Å². The van der Waals surface area contributed by atoms with Gasteiger partial charge in [0, 0.05) is 23.9 Å². The lowest BCUT2D eigenvalue weighted by atomic mass is 10.1. The number of aromatic nitrogens is 6. The van der Waals surface area contributed by atoms with Crippen molar-refractivity contribution in [3.63, 3.8) is 0 Å². The van der Waals surface area contributed by atoms with Crippen LogP contribution in [-0.4, -0.2) is 35.2 Å². The van der Waals surface area contributed by atoms with Gasteiger partial charge in [0.1, 0.15) is 17.8 Å². The Morgan fingerprint density at radius 3 is 2.71 bits per heavy atom. The van der Waals surface area contributed by atoms with Crippen LogP contribution >= 0.6 is 11.3 Å². The van der Waals surface area contributed by atoms with E-state index < -0.39 is 0 Å². The van der Waals surface area contributed by atoms with Gasteiger partial charge in [-0.25, -0.2) is 19.6 Å². The molecule has 6 aromatic rings. The predicted molar refractivity (Wildman–Crippen MR) is 169 cm³/mol. The van der Waals surface area contributed by atoms with E-state index in [2.05, 4.69) is 20.3 Å². The Balaban J connectivity index is 1.55. The third-order valence-corrected chi connectivity index (χ3v) is 7.97. The SMILES string of the molecule is C/C=C\C(=C/C)n1c(Cn2nc(-c3ccc4nc(NC(C)=O)sc4c3)c3c(N)ncnc32)cc2cccc(C)c2c1=O. The van der Waals surface area contributed by atoms with E-state index in [0.29, 0.717) is 33.1 Å². The number of benzene rings is 2. The quantitative estimate of drug-likeness (QED) is 0.241. The van der Waals surface area contributed by atoms with Crippen molar-refractivity contribution in [1.82, 2.24) is 29.3 Å². The van der Waals surface area contributed by atoms with Crippen LogP contribution in [-0.2, 0) is 11.3 Å². The number of nitrogens with zero attached hydrogens (tertiary/aromatic N) is 6. The third kappa shape index (κ3) is 4.63. The van der Waals surface area contributed by atoms with Crippen LogP contribution in [0, 0.1) is 6.92 Å². The Kier molecular flexibility index (Phi) is 6.87. The fraction of sp³-hybridized carbons (Fsp3) is 0.161. The highest BCUT2D eigenvalue weighted by atomic mass is 32.1. The van der Waals surface area contributed by atoms with Crippen molar-refractivity contribution in [3.05, 3.63) is 88.6 Å². The fourth-order valence-electron chi connectivity index (χ4n) is 5.23. The second kappa shape index (κ2) is 10.7. The number of pyridine rings is 1. The van der Waals surface area contributed by atoms with E-state index in [9.17, 15) is 9.59 Å². The van der Waals surface area contributed by atoms with Gasteiger partial charge in [0.05, 0.1) is 27.5 Å². The molecule has 0 aliphatic rings. The van der Waals surface area contributed by atoms with Crippen LogP contribution in [0.5, 0.6) is 0 Å². The summed E-state index contributed by atoms with van der Waals surface area (Å²) in [5, 5.41) is 10.4. The van der Waals surface area contributed by atoms with E-state index in [4.69, 9.17) is 10.8 Å². The van der Waals surface area contributed by atoms with Crippen molar-refractivity contribution in [2.24, 2.45) is 0 Å². The zero-order valence-corrected chi connectivity index (χ0v) is 24.4. The summed E-state index contributed by atoms with van der Waals surface area (Å²) in [4.78, 5) is 38.8. The highest BCUT2D eigenvalue weighted by Crippen LogP contribution is 2.35. The van der Waals surface area contributed by atoms with Gasteiger partial charge in [-0.2, -0.15) is 5.10 Å². The van der Waals surface area contributed by atoms with Gasteiger partial charge in [0.2, 0.25) is 5.91 Å². The molecule has 210 valence electrons. The number of rotatable bonds is 6. The zero-order chi connectivity index (χ0) is 29.5. The first-order valence-corrected chi connectivity index (χ1v) is 14.2. The summed E-state index contributed by atoms with van der Waals surface area (Å²) in [6.45, 7) is 7.50. The number of hydrogen-bond donors (Lipinski definition) is 2. The van der Waals surface area contributed by atoms with Crippen LogP contribution in [0.15, 0.2) is 71.8 Å². The van der Waals surface area contributed by atoms with Gasteiger partial charge >= 0.3 is 0 Å². The minimum atomic E-state index is -0.179. The smallest absolute Gasteiger partial charge is 0.263 e. The number of nitrogen functional groups attached to an aromatic ring is 1. The molecule has 4 heterocycles. The van der Waals surface area contributed by atoms with Crippen molar-refractivity contribution in [1.29, 1.82) is 0 Å². The maximum absolute atomic E-state index is 14.0. The number of aryl methyl sites for hydroxylation is 1. The molecule has 4 aromatic heterocycles. The molecular formula is C31H28N8O2S. The number of hydrogen-bond acceptors (Lipinski definition) is 8. The number of anilines is 2. The molecule has 10 nitrogen and oxygen atoms in total. The highest BCUT2D eigenvalue weighted by molar-refractivity contribution is 7.22. The predicted octanol–water partition coefficient (Wildman–Crippen LogP) is 5.75. The molecule has 0 radical (unpaired) electrons. The first-order chi connectivity index (χ1) is 20.3. The third-order valence-electron chi connectivity index (χ3n) is 7.04. The highest BCUT2D eigenvalue weighted by Gasteiger charge is 2.20. The van der Waals surface area contributed by atoms with Crippen molar-refractivity contribution < 1.29 is 4.79 Å². The molecular weight excluding hydrogens is 548 g/mol. The summed E-state index contributed by atoms with van der Waals surface area (Å²) >= 11 is 1.38. The maximum Gasteiger partial charge on any atom is 0.263 e. The lowest BCUT2D eigenvalue weighted by Crippen LogP contribution is -2.25. The minimum Gasteiger partial charge on any atom is -0.383 e. The lowest BCUT2D eigenvalue weighted by Gasteiger charge is -2.16. The van der Waals surface area contributed by atoms with E-state index in [1.54, 1.807) is 9.25 Å². The molecule has 42 heavy (non-hydrogen) atoms. The van der Waals surface area contributed by atoms with E-state index in [0.717, 1.165) is 38.1 Å². The molecule has 0 fully saturated rings. The summed E-state index contributed by atoms with van der Waals surface area (Å²) in [5.74, 6) is 0.126. The molecule has 3 N–H and O–H groups in total. The number of carbonyl (C=O) groups is 1. The van der Waals surface area contributed by atoms with Gasteiger partial charge < -0.3 is 11.1 Å². The molecule has 0 spiro atoms. The molecule has 0 aliphatic heterocycles. The Bertz CT molecular complexity index is 2150. The van der Waals surface area contributed by atoms with Crippen LogP contribution < -0.4 is 16.6 Å². The first-order valence-electron chi connectivity index (χ1n) is 13.4. The summed E-state index contributed by atoms with van der Waals surface area (Å²) in [6, 6.07) is 13.7. The molecule has 2 aromatic carbocycles. The molecule has 11 heteroatoms. The molecule has 0 unspecified atom stereocenters. The number of fused-ring (bicyclic) bond motifs is 3. The van der Waals surface area contributed by atoms with E-state index in [1.165, 1.54) is 24.6 Å². The normalized spacial score (nSPS) is 12.2. The van der Waals surface area contributed by atoms with E-state index in [1.807, 2.05) is 81.5 Å². The second-order valence-corrected chi connectivity index (χ2v) is 10.9. The summed E-state index contributed by atoms with van der Waals surface area (Å²) in [5.41, 5.74) is 11.5. The zero-order valence-electron chi connectivity index (χ0n) is 23.5. The molecule has 0 saturated heterocycles. The topological polar surface area (TPSA) is 134 Å². The van der Waals surface area contributed by atoms with E-state index >= 15 is 0 Å². The standard InChI is InChI=1S/C31H28N8O2S/c1-5-8-21(6-2)39-22(13-19-10-7-9-17(3)25(19)30(39)41)15-38-29-26(28(32)33-16-34-29)27(37-38)20-11-12-23-24(14-20)42-31(36-23)35-18(4)40/h5-14,16H,15H2,1-4H3,(H2,32,33,34)(H,35,36,40)/b8-5-,21-6+. The van der Waals surface area contributed by atoms with Crippen LogP contribution in [0.2, 0.25) is 0 Å². The van der Waals surface area contributed by atoms with Gasteiger partial charge in [-0.1, -0.05) is 47.8 Å². The van der Waals surface area contributed by atoms with E-state index in [-0.39, 0.29) is 18.0 Å². The van der Waals surface area contributed by atoms with Crippen LogP contribution in [0.3, 0.4) is 0 Å². The molecule has 0 aliphatic carbocycles. The number of carbonyl (C=O) groups excluding carboxylic acids is 1. The minimum absolute atomic E-state index is 0.0942. The Hall–Kier alpha value is -5.16. The van der Waals surface area contributed by atoms with Gasteiger partial charge in [-0.3, -0.25) is 14.2 Å².